The van der Waals surface area contributed by atoms with Crippen LogP contribution in [0.15, 0.2) is 0 Å². The topological polar surface area (TPSA) is 49.3 Å². The van der Waals surface area contributed by atoms with Crippen molar-refractivity contribution in [3.63, 3.8) is 0 Å². The third-order valence-electron chi connectivity index (χ3n) is 3.68. The summed E-state index contributed by atoms with van der Waals surface area (Å²) < 4.78 is 0. The van der Waals surface area contributed by atoms with E-state index in [4.69, 9.17) is 5.11 Å². The van der Waals surface area contributed by atoms with Crippen LogP contribution in [0, 0.1) is 5.92 Å². The fourth-order valence-electron chi connectivity index (χ4n) is 2.59. The molecule has 3 nitrogen and oxygen atoms in total. The summed E-state index contributed by atoms with van der Waals surface area (Å²) in [6, 6.07) is 1.17. The molecule has 1 aliphatic carbocycles. The molecule has 0 aromatic heterocycles. The molecule has 1 aliphatic rings. The number of nitrogens with one attached hydrogen (secondary N) is 1. The SMILES string of the molecule is CCCC(CC)NC1CCC(C(=O)O)CC1. The van der Waals surface area contributed by atoms with Gasteiger partial charge in [0.2, 0.25) is 0 Å². The van der Waals surface area contributed by atoms with E-state index in [-0.39, 0.29) is 5.92 Å². The predicted molar refractivity (Wildman–Crippen MR) is 65.5 cm³/mol. The monoisotopic (exact) mass is 227 g/mol. The van der Waals surface area contributed by atoms with Gasteiger partial charge in [-0.05, 0) is 38.5 Å². The molecule has 0 radical (unpaired) electrons. The zero-order chi connectivity index (χ0) is 12.0. The highest BCUT2D eigenvalue weighted by molar-refractivity contribution is 5.70. The van der Waals surface area contributed by atoms with E-state index in [0.717, 1.165) is 25.7 Å². The molecule has 1 unspecified atom stereocenters. The lowest BCUT2D eigenvalue weighted by molar-refractivity contribution is -0.142. The van der Waals surface area contributed by atoms with Crippen molar-refractivity contribution in [3.8, 4) is 0 Å². The van der Waals surface area contributed by atoms with Gasteiger partial charge in [-0.15, -0.1) is 0 Å². The van der Waals surface area contributed by atoms with E-state index in [1.807, 2.05) is 0 Å². The van der Waals surface area contributed by atoms with Crippen LogP contribution in [0.4, 0.5) is 0 Å². The van der Waals surface area contributed by atoms with E-state index in [0.29, 0.717) is 12.1 Å². The lowest BCUT2D eigenvalue weighted by atomic mass is 9.85. The molecular formula is C13H25NO2. The molecule has 0 amide bonds. The maximum atomic E-state index is 10.8. The van der Waals surface area contributed by atoms with Gasteiger partial charge in [0.05, 0.1) is 5.92 Å². The van der Waals surface area contributed by atoms with Gasteiger partial charge < -0.3 is 10.4 Å². The Labute approximate surface area is 98.6 Å². The second-order valence-corrected chi connectivity index (χ2v) is 4.95. The highest BCUT2D eigenvalue weighted by Crippen LogP contribution is 2.25. The van der Waals surface area contributed by atoms with E-state index in [1.54, 1.807) is 0 Å². The average Bonchev–Trinajstić information content (AvgIpc) is 2.29. The van der Waals surface area contributed by atoms with Crippen LogP contribution in [0.25, 0.3) is 0 Å². The largest absolute Gasteiger partial charge is 0.481 e. The minimum Gasteiger partial charge on any atom is -0.481 e. The molecule has 16 heavy (non-hydrogen) atoms. The molecule has 1 atom stereocenters. The zero-order valence-corrected chi connectivity index (χ0v) is 10.5. The Morgan fingerprint density at radius 1 is 1.31 bits per heavy atom. The highest BCUT2D eigenvalue weighted by atomic mass is 16.4. The number of carboxylic acids is 1. The van der Waals surface area contributed by atoms with Crippen LogP contribution >= 0.6 is 0 Å². The minimum absolute atomic E-state index is 0.0932. The van der Waals surface area contributed by atoms with E-state index in [9.17, 15) is 4.79 Å². The van der Waals surface area contributed by atoms with Crippen LogP contribution in [-0.2, 0) is 4.79 Å². The van der Waals surface area contributed by atoms with Crippen molar-refractivity contribution in [2.24, 2.45) is 5.92 Å². The molecule has 0 aromatic rings. The Balaban J connectivity index is 2.28. The van der Waals surface area contributed by atoms with Gasteiger partial charge >= 0.3 is 5.97 Å². The van der Waals surface area contributed by atoms with Gasteiger partial charge in [-0.2, -0.15) is 0 Å². The fraction of sp³-hybridized carbons (Fsp3) is 0.923. The molecule has 2 N–H and O–H groups in total. The van der Waals surface area contributed by atoms with Crippen LogP contribution in [0.1, 0.15) is 58.8 Å². The number of hydrogen-bond acceptors (Lipinski definition) is 2. The standard InChI is InChI=1S/C13H25NO2/c1-3-5-11(4-2)14-12-8-6-10(7-9-12)13(15)16/h10-12,14H,3-9H2,1-2H3,(H,15,16). The smallest absolute Gasteiger partial charge is 0.306 e. The van der Waals surface area contributed by atoms with Crippen molar-refractivity contribution in [2.75, 3.05) is 0 Å². The number of hydrogen-bond donors (Lipinski definition) is 2. The Morgan fingerprint density at radius 2 is 1.94 bits per heavy atom. The fourth-order valence-corrected chi connectivity index (χ4v) is 2.59. The summed E-state index contributed by atoms with van der Waals surface area (Å²) in [6.45, 7) is 4.43. The summed E-state index contributed by atoms with van der Waals surface area (Å²) in [5, 5.41) is 12.6. The second kappa shape index (κ2) is 6.89. The minimum atomic E-state index is -0.612. The van der Waals surface area contributed by atoms with Crippen LogP contribution in [0.2, 0.25) is 0 Å². The Hall–Kier alpha value is -0.570. The molecule has 3 heteroatoms. The quantitative estimate of drug-likeness (QED) is 0.733. The van der Waals surface area contributed by atoms with Crippen LogP contribution < -0.4 is 5.32 Å². The molecule has 1 fully saturated rings. The average molecular weight is 227 g/mol. The predicted octanol–water partition coefficient (Wildman–Crippen LogP) is 2.80. The second-order valence-electron chi connectivity index (χ2n) is 4.95. The molecule has 1 rings (SSSR count). The number of rotatable bonds is 6. The van der Waals surface area contributed by atoms with E-state index < -0.39 is 5.97 Å². The first kappa shape index (κ1) is 13.5. The van der Waals surface area contributed by atoms with Gasteiger partial charge in [0, 0.05) is 12.1 Å². The van der Waals surface area contributed by atoms with E-state index in [1.165, 1.54) is 19.3 Å². The van der Waals surface area contributed by atoms with E-state index in [2.05, 4.69) is 19.2 Å². The molecule has 0 aliphatic heterocycles. The summed E-state index contributed by atoms with van der Waals surface area (Å²) in [7, 11) is 0. The van der Waals surface area contributed by atoms with Gasteiger partial charge in [-0.3, -0.25) is 4.79 Å². The molecule has 0 aromatic carbocycles. The van der Waals surface area contributed by atoms with Crippen LogP contribution in [0.5, 0.6) is 0 Å². The normalized spacial score (nSPS) is 27.6. The lowest BCUT2D eigenvalue weighted by Crippen LogP contribution is -2.41. The first-order chi connectivity index (χ1) is 7.67. The number of carboxylic acid groups (broad SMARTS) is 1. The van der Waals surface area contributed by atoms with Gasteiger partial charge in [-0.1, -0.05) is 20.3 Å². The first-order valence-corrected chi connectivity index (χ1v) is 6.66. The molecular weight excluding hydrogens is 202 g/mol. The van der Waals surface area contributed by atoms with E-state index >= 15 is 0 Å². The lowest BCUT2D eigenvalue weighted by Gasteiger charge is -2.30. The number of carbonyl (C=O) groups is 1. The highest BCUT2D eigenvalue weighted by Gasteiger charge is 2.26. The van der Waals surface area contributed by atoms with Crippen molar-refractivity contribution >= 4 is 5.97 Å². The Morgan fingerprint density at radius 3 is 2.38 bits per heavy atom. The third kappa shape index (κ3) is 4.12. The summed E-state index contributed by atoms with van der Waals surface area (Å²) in [5.74, 6) is -0.705. The molecule has 94 valence electrons. The summed E-state index contributed by atoms with van der Waals surface area (Å²) in [4.78, 5) is 10.8. The van der Waals surface area contributed by atoms with Gasteiger partial charge in [0.1, 0.15) is 0 Å². The van der Waals surface area contributed by atoms with Crippen LogP contribution in [0.3, 0.4) is 0 Å². The maximum absolute atomic E-state index is 10.8. The van der Waals surface area contributed by atoms with Crippen molar-refractivity contribution < 1.29 is 9.90 Å². The Kier molecular flexibility index (Phi) is 5.81. The molecule has 0 bridgehead atoms. The summed E-state index contributed by atoms with van der Waals surface area (Å²) >= 11 is 0. The molecule has 0 spiro atoms. The Bertz CT molecular complexity index is 210. The van der Waals surface area contributed by atoms with Gasteiger partial charge in [0.25, 0.3) is 0 Å². The van der Waals surface area contributed by atoms with Crippen molar-refractivity contribution in [1.29, 1.82) is 0 Å². The first-order valence-electron chi connectivity index (χ1n) is 6.66. The molecule has 1 saturated carbocycles. The van der Waals surface area contributed by atoms with Crippen molar-refractivity contribution in [2.45, 2.75) is 70.9 Å². The van der Waals surface area contributed by atoms with Gasteiger partial charge in [-0.25, -0.2) is 0 Å². The van der Waals surface area contributed by atoms with Crippen molar-refractivity contribution in [1.82, 2.24) is 5.32 Å². The maximum Gasteiger partial charge on any atom is 0.306 e. The van der Waals surface area contributed by atoms with Crippen molar-refractivity contribution in [3.05, 3.63) is 0 Å². The number of aliphatic carboxylic acids is 1. The zero-order valence-electron chi connectivity index (χ0n) is 10.5. The summed E-state index contributed by atoms with van der Waals surface area (Å²) in [5.41, 5.74) is 0. The van der Waals surface area contributed by atoms with Gasteiger partial charge in [0.15, 0.2) is 0 Å². The van der Waals surface area contributed by atoms with Crippen LogP contribution in [-0.4, -0.2) is 23.2 Å². The molecule has 0 saturated heterocycles. The molecule has 0 heterocycles. The third-order valence-corrected chi connectivity index (χ3v) is 3.68. The summed E-state index contributed by atoms with van der Waals surface area (Å²) in [6.07, 6.45) is 7.36.